The van der Waals surface area contributed by atoms with Gasteiger partial charge >= 0.3 is 0 Å². The number of aliphatic hydroxyl groups is 3. The minimum atomic E-state index is -0.957. The molecule has 0 aromatic rings. The molecule has 1 heterocycles. The number of aliphatic hydroxyl groups excluding tert-OH is 3. The van der Waals surface area contributed by atoms with Crippen molar-refractivity contribution in [2.75, 3.05) is 19.8 Å². The second-order valence-electron chi connectivity index (χ2n) is 9.22. The fourth-order valence-corrected chi connectivity index (χ4v) is 6.08. The van der Waals surface area contributed by atoms with Crippen molar-refractivity contribution in [3.63, 3.8) is 0 Å². The largest absolute Gasteiger partial charge is 0.393 e. The van der Waals surface area contributed by atoms with Gasteiger partial charge in [0.2, 0.25) is 0 Å². The van der Waals surface area contributed by atoms with Crippen LogP contribution in [0.4, 0.5) is 0 Å². The molecule has 0 bridgehead atoms. The van der Waals surface area contributed by atoms with Crippen molar-refractivity contribution in [1.29, 1.82) is 0 Å². The van der Waals surface area contributed by atoms with Crippen LogP contribution in [0.15, 0.2) is 11.6 Å². The summed E-state index contributed by atoms with van der Waals surface area (Å²) >= 11 is 0. The van der Waals surface area contributed by atoms with Crippen LogP contribution in [0.5, 0.6) is 0 Å². The van der Waals surface area contributed by atoms with Crippen molar-refractivity contribution in [3.8, 4) is 0 Å². The first-order chi connectivity index (χ1) is 11.3. The molecule has 3 N–H and O–H groups in total. The maximum absolute atomic E-state index is 9.86. The van der Waals surface area contributed by atoms with E-state index in [-0.39, 0.29) is 24.2 Å². The van der Waals surface area contributed by atoms with Gasteiger partial charge in [0.15, 0.2) is 0 Å². The van der Waals surface area contributed by atoms with E-state index in [2.05, 4.69) is 20.8 Å². The van der Waals surface area contributed by atoms with Gasteiger partial charge in [0.1, 0.15) is 6.10 Å². The smallest absolute Gasteiger partial charge is 0.100 e. The predicted molar refractivity (Wildman–Crippen MR) is 93.5 cm³/mol. The highest BCUT2D eigenvalue weighted by Gasteiger charge is 2.64. The molecular weight excluding hydrogens is 304 g/mol. The predicted octanol–water partition coefficient (Wildman–Crippen LogP) is 2.66. The molecule has 0 radical (unpaired) electrons. The first-order valence-electron chi connectivity index (χ1n) is 9.52. The lowest BCUT2D eigenvalue weighted by Gasteiger charge is -2.59. The summed E-state index contributed by atoms with van der Waals surface area (Å²) in [7, 11) is 0. The molecule has 3 rings (SSSR count). The highest BCUT2D eigenvalue weighted by Crippen LogP contribution is 2.66. The van der Waals surface area contributed by atoms with Crippen molar-refractivity contribution < 1.29 is 20.1 Å². The second kappa shape index (κ2) is 6.39. The molecule has 3 fully saturated rings. The number of fused-ring (bicyclic) bond motifs is 1. The van der Waals surface area contributed by atoms with Crippen LogP contribution in [0.25, 0.3) is 0 Å². The van der Waals surface area contributed by atoms with E-state index in [0.29, 0.717) is 22.8 Å². The van der Waals surface area contributed by atoms with E-state index in [0.717, 1.165) is 19.4 Å². The summed E-state index contributed by atoms with van der Waals surface area (Å²) in [6.45, 7) is 7.59. The quantitative estimate of drug-likeness (QED) is 0.532. The molecule has 5 atom stereocenters. The minimum absolute atomic E-state index is 0.0138. The fourth-order valence-electron chi connectivity index (χ4n) is 6.08. The molecule has 1 aliphatic heterocycles. The lowest BCUT2D eigenvalue weighted by atomic mass is 9.46. The van der Waals surface area contributed by atoms with Crippen LogP contribution < -0.4 is 0 Å². The Morgan fingerprint density at radius 3 is 2.50 bits per heavy atom. The normalized spacial score (nSPS) is 42.7. The van der Waals surface area contributed by atoms with Crippen LogP contribution in [0, 0.1) is 22.7 Å². The molecule has 4 nitrogen and oxygen atoms in total. The summed E-state index contributed by atoms with van der Waals surface area (Å²) in [5.74, 6) is 1.13. The van der Waals surface area contributed by atoms with Gasteiger partial charge in [-0.15, -0.1) is 0 Å². The summed E-state index contributed by atoms with van der Waals surface area (Å²) in [5, 5.41) is 28.5. The van der Waals surface area contributed by atoms with Gasteiger partial charge in [-0.05, 0) is 60.3 Å². The van der Waals surface area contributed by atoms with Crippen LogP contribution in [0.3, 0.4) is 0 Å². The summed E-state index contributed by atoms with van der Waals surface area (Å²) in [5.41, 5.74) is 1.17. The van der Waals surface area contributed by atoms with Crippen LogP contribution in [0.1, 0.15) is 59.3 Å². The van der Waals surface area contributed by atoms with Gasteiger partial charge < -0.3 is 20.1 Å². The van der Waals surface area contributed by atoms with Gasteiger partial charge in [0.25, 0.3) is 0 Å². The molecule has 1 unspecified atom stereocenters. The molecule has 0 aromatic heterocycles. The zero-order chi connectivity index (χ0) is 17.6. The zero-order valence-electron chi connectivity index (χ0n) is 15.4. The molecule has 2 aliphatic carbocycles. The Balaban J connectivity index is 1.87. The summed E-state index contributed by atoms with van der Waals surface area (Å²) in [6.07, 6.45) is 8.00. The van der Waals surface area contributed by atoms with Crippen molar-refractivity contribution in [3.05, 3.63) is 11.6 Å². The molecule has 0 aromatic carbocycles. The molecule has 0 amide bonds. The highest BCUT2D eigenvalue weighted by atomic mass is 16.6. The van der Waals surface area contributed by atoms with Crippen molar-refractivity contribution >= 4 is 0 Å². The van der Waals surface area contributed by atoms with Crippen molar-refractivity contribution in [2.24, 2.45) is 22.7 Å². The maximum Gasteiger partial charge on any atom is 0.100 e. The van der Waals surface area contributed by atoms with E-state index in [1.165, 1.54) is 25.7 Å². The van der Waals surface area contributed by atoms with Crippen LogP contribution in [0.2, 0.25) is 0 Å². The maximum atomic E-state index is 9.86. The fraction of sp³-hybridized carbons (Fsp3) is 0.900. The molecule has 1 spiro atoms. The topological polar surface area (TPSA) is 73.2 Å². The van der Waals surface area contributed by atoms with Crippen LogP contribution in [-0.2, 0) is 4.74 Å². The first-order valence-corrected chi connectivity index (χ1v) is 9.52. The number of hydrogen-bond donors (Lipinski definition) is 3. The number of ether oxygens (including phenoxy) is 1. The SMILES string of the molecule is CC1(C)CCC[C@@]2(C)[C@H]1CC[C@]1(CO1)[C@@H]2C/C=C(\CO)C(O)CO. The third-order valence-electron chi connectivity index (χ3n) is 7.48. The Kier molecular flexibility index (Phi) is 4.89. The lowest BCUT2D eigenvalue weighted by molar-refractivity contribution is -0.104. The average Bonchev–Trinajstić information content (AvgIpc) is 3.29. The van der Waals surface area contributed by atoms with Crippen molar-refractivity contribution in [1.82, 2.24) is 0 Å². The van der Waals surface area contributed by atoms with E-state index in [9.17, 15) is 10.2 Å². The van der Waals surface area contributed by atoms with E-state index in [1.807, 2.05) is 6.08 Å². The Labute approximate surface area is 145 Å². The zero-order valence-corrected chi connectivity index (χ0v) is 15.4. The standard InChI is InChI=1S/C20H34O4/c1-18(2)8-4-9-19(3)16(18)7-10-20(13-24-20)17(19)6-5-14(11-21)15(23)12-22/h5,15-17,21-23H,4,6-13H2,1-3H3/b14-5+/t15?,16-,17+,19-,20-/m0/s1. The van der Waals surface area contributed by atoms with Gasteiger partial charge in [0.05, 0.1) is 25.4 Å². The summed E-state index contributed by atoms with van der Waals surface area (Å²) < 4.78 is 5.98. The van der Waals surface area contributed by atoms with Gasteiger partial charge in [-0.1, -0.05) is 33.3 Å². The second-order valence-corrected chi connectivity index (χ2v) is 9.22. The molecule has 24 heavy (non-hydrogen) atoms. The summed E-state index contributed by atoms with van der Waals surface area (Å²) in [4.78, 5) is 0. The minimum Gasteiger partial charge on any atom is -0.393 e. The number of rotatable bonds is 5. The first kappa shape index (κ1) is 18.4. The Morgan fingerprint density at radius 2 is 1.92 bits per heavy atom. The molecule has 4 heteroatoms. The molecule has 3 aliphatic rings. The Hall–Kier alpha value is -0.420. The monoisotopic (exact) mass is 338 g/mol. The Morgan fingerprint density at radius 1 is 1.21 bits per heavy atom. The van der Waals surface area contributed by atoms with Gasteiger partial charge in [-0.3, -0.25) is 0 Å². The van der Waals surface area contributed by atoms with Crippen LogP contribution >= 0.6 is 0 Å². The van der Waals surface area contributed by atoms with E-state index >= 15 is 0 Å². The third-order valence-corrected chi connectivity index (χ3v) is 7.48. The molecule has 2 saturated carbocycles. The van der Waals surface area contributed by atoms with Crippen molar-refractivity contribution in [2.45, 2.75) is 71.0 Å². The number of hydrogen-bond acceptors (Lipinski definition) is 4. The van der Waals surface area contributed by atoms with Gasteiger partial charge in [-0.25, -0.2) is 0 Å². The summed E-state index contributed by atoms with van der Waals surface area (Å²) in [6, 6.07) is 0. The van der Waals surface area contributed by atoms with E-state index < -0.39 is 6.10 Å². The van der Waals surface area contributed by atoms with E-state index in [1.54, 1.807) is 0 Å². The molecule has 138 valence electrons. The third kappa shape index (κ3) is 2.96. The van der Waals surface area contributed by atoms with Crippen LogP contribution in [-0.4, -0.2) is 46.8 Å². The van der Waals surface area contributed by atoms with E-state index in [4.69, 9.17) is 9.84 Å². The molecule has 1 saturated heterocycles. The Bertz CT molecular complexity index is 494. The number of epoxide rings is 1. The van der Waals surface area contributed by atoms with Gasteiger partial charge in [0, 0.05) is 0 Å². The number of allylic oxidation sites excluding steroid dienone is 1. The lowest BCUT2D eigenvalue weighted by Crippen LogP contribution is -2.54. The average molecular weight is 338 g/mol. The highest BCUT2D eigenvalue weighted by molar-refractivity contribution is 5.17. The van der Waals surface area contributed by atoms with Gasteiger partial charge in [-0.2, -0.15) is 0 Å². The molecular formula is C20H34O4.